The normalized spacial score (nSPS) is 12.6. The molecule has 8 heteroatoms. The lowest BCUT2D eigenvalue weighted by Crippen LogP contribution is -2.39. The van der Waals surface area contributed by atoms with Gasteiger partial charge in [-0.15, -0.1) is 0 Å². The average Bonchev–Trinajstić information content (AvgIpc) is 2.73. The van der Waals surface area contributed by atoms with E-state index in [2.05, 4.69) is 20.4 Å². The van der Waals surface area contributed by atoms with Crippen molar-refractivity contribution in [1.82, 2.24) is 10.6 Å². The lowest BCUT2D eigenvalue weighted by Gasteiger charge is -2.18. The topological polar surface area (TPSA) is 75.1 Å². The number of aliphatic hydroxyl groups excluding tert-OH is 1. The van der Waals surface area contributed by atoms with E-state index in [1.54, 1.807) is 26.1 Å². The molecule has 158 valence electrons. The fourth-order valence-corrected chi connectivity index (χ4v) is 2.76. The molecule has 2 aromatic carbocycles. The van der Waals surface area contributed by atoms with E-state index in [0.717, 1.165) is 11.1 Å². The summed E-state index contributed by atoms with van der Waals surface area (Å²) in [7, 11) is 1.65. The molecule has 0 saturated carbocycles. The summed E-state index contributed by atoms with van der Waals surface area (Å²) in [5, 5.41) is 16.0. The van der Waals surface area contributed by atoms with Gasteiger partial charge in [-0.3, -0.25) is 4.99 Å². The van der Waals surface area contributed by atoms with Crippen LogP contribution in [0.25, 0.3) is 0 Å². The number of guanidine groups is 1. The summed E-state index contributed by atoms with van der Waals surface area (Å²) in [5.74, 6) is 0.761. The number of aliphatic hydroxyl groups is 1. The molecule has 1 atom stereocenters. The van der Waals surface area contributed by atoms with E-state index in [9.17, 15) is 13.9 Å². The van der Waals surface area contributed by atoms with Crippen LogP contribution < -0.4 is 20.1 Å². The summed E-state index contributed by atoms with van der Waals surface area (Å²) >= 11 is 0. The summed E-state index contributed by atoms with van der Waals surface area (Å²) in [6.45, 7) is 0.118. The Kier molecular flexibility index (Phi) is 9.17. The van der Waals surface area contributed by atoms with Gasteiger partial charge >= 0.3 is 6.61 Å². The minimum Gasteiger partial charge on any atom is -0.490 e. The van der Waals surface area contributed by atoms with Gasteiger partial charge in [0.1, 0.15) is 0 Å². The van der Waals surface area contributed by atoms with Crippen LogP contribution in [0.15, 0.2) is 53.5 Å². The van der Waals surface area contributed by atoms with Crippen LogP contribution in [0.4, 0.5) is 8.78 Å². The maximum absolute atomic E-state index is 12.5. The second kappa shape index (κ2) is 11.9. The summed E-state index contributed by atoms with van der Waals surface area (Å²) in [6, 6.07) is 14.5. The van der Waals surface area contributed by atoms with Gasteiger partial charge in [0.15, 0.2) is 17.5 Å². The van der Waals surface area contributed by atoms with Crippen molar-refractivity contribution in [3.63, 3.8) is 0 Å². The number of ether oxygens (including phenoxy) is 2. The predicted molar refractivity (Wildman–Crippen MR) is 109 cm³/mol. The number of nitrogens with zero attached hydrogens (tertiary/aromatic N) is 1. The zero-order valence-corrected chi connectivity index (χ0v) is 16.6. The van der Waals surface area contributed by atoms with Gasteiger partial charge < -0.3 is 25.2 Å². The Morgan fingerprint density at radius 3 is 2.48 bits per heavy atom. The molecule has 0 aromatic heterocycles. The molecule has 0 fully saturated rings. The van der Waals surface area contributed by atoms with Crippen LogP contribution in [0.5, 0.6) is 11.5 Å². The van der Waals surface area contributed by atoms with Crippen molar-refractivity contribution in [2.45, 2.75) is 26.0 Å². The van der Waals surface area contributed by atoms with Crippen molar-refractivity contribution < 1.29 is 23.4 Å². The SMILES string of the molecule is CCOc1cc(CNC(=NC)NCC(CO)c2ccccc2)ccc1OC(F)F. The number of alkyl halides is 2. The van der Waals surface area contributed by atoms with Crippen LogP contribution in [-0.4, -0.2) is 44.5 Å². The van der Waals surface area contributed by atoms with Gasteiger partial charge in [-0.1, -0.05) is 36.4 Å². The Bertz CT molecular complexity index is 773. The molecule has 3 N–H and O–H groups in total. The van der Waals surface area contributed by atoms with Crippen molar-refractivity contribution in [1.29, 1.82) is 0 Å². The van der Waals surface area contributed by atoms with Gasteiger partial charge in [0.05, 0.1) is 13.2 Å². The van der Waals surface area contributed by atoms with Crippen LogP contribution in [0, 0.1) is 0 Å². The third-order valence-electron chi connectivity index (χ3n) is 4.21. The maximum Gasteiger partial charge on any atom is 0.387 e. The smallest absolute Gasteiger partial charge is 0.387 e. The maximum atomic E-state index is 12.5. The monoisotopic (exact) mass is 407 g/mol. The zero-order valence-electron chi connectivity index (χ0n) is 16.6. The van der Waals surface area contributed by atoms with E-state index < -0.39 is 6.61 Å². The van der Waals surface area contributed by atoms with E-state index in [0.29, 0.717) is 25.7 Å². The van der Waals surface area contributed by atoms with Gasteiger partial charge in [0.2, 0.25) is 0 Å². The second-order valence-corrected chi connectivity index (χ2v) is 6.19. The lowest BCUT2D eigenvalue weighted by atomic mass is 10.0. The number of rotatable bonds is 10. The van der Waals surface area contributed by atoms with Crippen molar-refractivity contribution >= 4 is 5.96 Å². The van der Waals surface area contributed by atoms with E-state index in [4.69, 9.17) is 4.74 Å². The van der Waals surface area contributed by atoms with E-state index in [1.807, 2.05) is 30.3 Å². The van der Waals surface area contributed by atoms with Gasteiger partial charge in [-0.05, 0) is 30.2 Å². The van der Waals surface area contributed by atoms with Crippen molar-refractivity contribution in [2.24, 2.45) is 4.99 Å². The molecule has 0 amide bonds. The first kappa shape index (κ1) is 22.4. The van der Waals surface area contributed by atoms with Crippen LogP contribution >= 0.6 is 0 Å². The molecule has 0 radical (unpaired) electrons. The van der Waals surface area contributed by atoms with Gasteiger partial charge in [-0.25, -0.2) is 0 Å². The summed E-state index contributed by atoms with van der Waals surface area (Å²) in [5.41, 5.74) is 1.86. The number of halogens is 2. The quantitative estimate of drug-likeness (QED) is 0.417. The molecule has 0 bridgehead atoms. The highest BCUT2D eigenvalue weighted by Crippen LogP contribution is 2.29. The van der Waals surface area contributed by atoms with Crippen LogP contribution in [0.2, 0.25) is 0 Å². The molecular formula is C21H27F2N3O3. The molecule has 29 heavy (non-hydrogen) atoms. The van der Waals surface area contributed by atoms with Crippen LogP contribution in [0.1, 0.15) is 24.0 Å². The highest BCUT2D eigenvalue weighted by atomic mass is 19.3. The first-order valence-corrected chi connectivity index (χ1v) is 9.38. The molecule has 2 aromatic rings. The third-order valence-corrected chi connectivity index (χ3v) is 4.21. The van der Waals surface area contributed by atoms with Gasteiger partial charge in [0.25, 0.3) is 0 Å². The molecule has 0 aliphatic carbocycles. The van der Waals surface area contributed by atoms with Crippen molar-refractivity contribution in [2.75, 3.05) is 26.8 Å². The third kappa shape index (κ3) is 7.23. The summed E-state index contributed by atoms with van der Waals surface area (Å²) in [6.07, 6.45) is 0. The number of hydrogen-bond acceptors (Lipinski definition) is 4. The average molecular weight is 407 g/mol. The van der Waals surface area contributed by atoms with Gasteiger partial charge in [-0.2, -0.15) is 8.78 Å². The van der Waals surface area contributed by atoms with Crippen molar-refractivity contribution in [3.05, 3.63) is 59.7 Å². The van der Waals surface area contributed by atoms with Crippen LogP contribution in [0.3, 0.4) is 0 Å². The molecule has 0 aliphatic rings. The Hall–Kier alpha value is -2.87. The number of aliphatic imine (C=N–C) groups is 1. The van der Waals surface area contributed by atoms with Crippen molar-refractivity contribution in [3.8, 4) is 11.5 Å². The first-order chi connectivity index (χ1) is 14.1. The standard InChI is InChI=1S/C21H27F2N3O3/c1-3-28-19-11-15(9-10-18(19)29-20(22)23)12-25-21(24-2)26-13-17(14-27)16-7-5-4-6-8-16/h4-11,17,20,27H,3,12-14H2,1-2H3,(H2,24,25,26). The van der Waals surface area contributed by atoms with Gasteiger partial charge in [0, 0.05) is 26.1 Å². The molecule has 0 spiro atoms. The Morgan fingerprint density at radius 2 is 1.86 bits per heavy atom. The van der Waals surface area contributed by atoms with Crippen LogP contribution in [-0.2, 0) is 6.54 Å². The Morgan fingerprint density at radius 1 is 1.10 bits per heavy atom. The molecule has 0 saturated heterocycles. The summed E-state index contributed by atoms with van der Waals surface area (Å²) < 4.78 is 34.9. The van der Waals surface area contributed by atoms with E-state index >= 15 is 0 Å². The molecule has 6 nitrogen and oxygen atoms in total. The Labute approximate surface area is 169 Å². The molecular weight excluding hydrogens is 380 g/mol. The number of benzene rings is 2. The highest BCUT2D eigenvalue weighted by Gasteiger charge is 2.13. The minimum absolute atomic E-state index is 0.00163. The molecule has 0 heterocycles. The number of hydrogen-bond donors (Lipinski definition) is 3. The molecule has 0 aliphatic heterocycles. The molecule has 2 rings (SSSR count). The minimum atomic E-state index is -2.91. The largest absolute Gasteiger partial charge is 0.490 e. The second-order valence-electron chi connectivity index (χ2n) is 6.19. The lowest BCUT2D eigenvalue weighted by molar-refractivity contribution is -0.0514. The predicted octanol–water partition coefficient (Wildman–Crippen LogP) is 3.13. The number of nitrogens with one attached hydrogen (secondary N) is 2. The highest BCUT2D eigenvalue weighted by molar-refractivity contribution is 5.79. The van der Waals surface area contributed by atoms with E-state index in [-0.39, 0.29) is 24.0 Å². The Balaban J connectivity index is 1.95. The fraction of sp³-hybridized carbons (Fsp3) is 0.381. The first-order valence-electron chi connectivity index (χ1n) is 9.38. The van der Waals surface area contributed by atoms with E-state index in [1.165, 1.54) is 6.07 Å². The summed E-state index contributed by atoms with van der Waals surface area (Å²) in [4.78, 5) is 4.18. The zero-order chi connectivity index (χ0) is 21.1. The molecule has 1 unspecified atom stereocenters. The fourth-order valence-electron chi connectivity index (χ4n) is 2.76.